The Bertz CT molecular complexity index is 1070. The minimum atomic E-state index is 0.383. The lowest BCUT2D eigenvalue weighted by Gasteiger charge is -2.29. The Morgan fingerprint density at radius 1 is 1.22 bits per heavy atom. The van der Waals surface area contributed by atoms with Crippen molar-refractivity contribution in [3.63, 3.8) is 0 Å². The van der Waals surface area contributed by atoms with Crippen LogP contribution >= 0.6 is 0 Å². The third-order valence-electron chi connectivity index (χ3n) is 7.17. The van der Waals surface area contributed by atoms with Gasteiger partial charge in [0.05, 0.1) is 12.3 Å². The fourth-order valence-electron chi connectivity index (χ4n) is 5.64. The van der Waals surface area contributed by atoms with Gasteiger partial charge in [-0.3, -0.25) is 5.10 Å². The van der Waals surface area contributed by atoms with Gasteiger partial charge in [0.2, 0.25) is 0 Å². The van der Waals surface area contributed by atoms with Crippen LogP contribution in [0.5, 0.6) is 0 Å². The van der Waals surface area contributed by atoms with Gasteiger partial charge in [-0.2, -0.15) is 10.4 Å². The highest BCUT2D eigenvalue weighted by Crippen LogP contribution is 2.39. The minimum Gasteiger partial charge on any atom is -0.371 e. The van der Waals surface area contributed by atoms with E-state index in [1.54, 1.807) is 11.8 Å². The van der Waals surface area contributed by atoms with Gasteiger partial charge in [0, 0.05) is 42.7 Å². The highest BCUT2D eigenvalue weighted by atomic mass is 15.2. The number of nitrogens with one attached hydrogen (secondary N) is 2. The molecule has 1 fully saturated rings. The molecule has 0 amide bonds. The Kier molecular flexibility index (Phi) is 5.85. The summed E-state index contributed by atoms with van der Waals surface area (Å²) in [6.45, 7) is 4.38. The Balaban J connectivity index is 1.58. The normalized spacial score (nSPS) is 27.7. The lowest BCUT2D eigenvalue weighted by atomic mass is 9.81. The van der Waals surface area contributed by atoms with Crippen molar-refractivity contribution in [2.45, 2.75) is 45.1 Å². The lowest BCUT2D eigenvalue weighted by Crippen LogP contribution is -2.28. The fraction of sp³-hybridized carbons (Fsp3) is 0.407. The number of rotatable bonds is 2. The number of fused-ring (bicyclic) bond motifs is 4. The van der Waals surface area contributed by atoms with Gasteiger partial charge in [-0.15, -0.1) is 0 Å². The van der Waals surface area contributed by atoms with Crippen molar-refractivity contribution >= 4 is 5.82 Å². The van der Waals surface area contributed by atoms with E-state index in [1.807, 2.05) is 6.07 Å². The molecule has 1 unspecified atom stereocenters. The highest BCUT2D eigenvalue weighted by Gasteiger charge is 2.32. The van der Waals surface area contributed by atoms with E-state index in [2.05, 4.69) is 75.9 Å². The van der Waals surface area contributed by atoms with Crippen molar-refractivity contribution in [2.75, 3.05) is 18.4 Å². The molecule has 5 nitrogen and oxygen atoms in total. The van der Waals surface area contributed by atoms with Gasteiger partial charge in [0.1, 0.15) is 5.82 Å². The van der Waals surface area contributed by atoms with Crippen molar-refractivity contribution in [3.8, 4) is 6.07 Å². The molecule has 2 N–H and O–H groups in total. The summed E-state index contributed by atoms with van der Waals surface area (Å²) in [6.07, 6.45) is 22.3. The van der Waals surface area contributed by atoms with Gasteiger partial charge >= 0.3 is 0 Å². The minimum absolute atomic E-state index is 0.383. The zero-order valence-corrected chi connectivity index (χ0v) is 18.7. The molecule has 5 rings (SSSR count). The molecule has 2 aliphatic carbocycles. The summed E-state index contributed by atoms with van der Waals surface area (Å²) in [5, 5.41) is 20.5. The molecule has 32 heavy (non-hydrogen) atoms. The molecule has 0 spiro atoms. The average molecular weight is 426 g/mol. The maximum Gasteiger partial charge on any atom is 0.121 e. The second-order valence-electron chi connectivity index (χ2n) is 9.35. The lowest BCUT2D eigenvalue weighted by molar-refractivity contribution is 0.332. The average Bonchev–Trinajstić information content (AvgIpc) is 2.98. The number of H-pyrrole nitrogens is 1. The van der Waals surface area contributed by atoms with Gasteiger partial charge < -0.3 is 10.2 Å². The molecular formula is C27H31N5. The van der Waals surface area contributed by atoms with E-state index in [1.165, 1.54) is 16.8 Å². The van der Waals surface area contributed by atoms with Crippen LogP contribution in [0.4, 0.5) is 5.82 Å². The Labute approximate surface area is 190 Å². The highest BCUT2D eigenvalue weighted by molar-refractivity contribution is 5.46. The second kappa shape index (κ2) is 9.08. The summed E-state index contributed by atoms with van der Waals surface area (Å²) in [5.74, 6) is 1.88. The molecule has 1 aromatic rings. The van der Waals surface area contributed by atoms with Gasteiger partial charge in [0.15, 0.2) is 0 Å². The van der Waals surface area contributed by atoms with Crippen LogP contribution in [0.2, 0.25) is 0 Å². The molecular weight excluding hydrogens is 394 g/mol. The summed E-state index contributed by atoms with van der Waals surface area (Å²) in [7, 11) is 0. The van der Waals surface area contributed by atoms with Crippen LogP contribution < -0.4 is 5.32 Å². The predicted octanol–water partition coefficient (Wildman–Crippen LogP) is 5.42. The maximum absolute atomic E-state index is 9.62. The number of allylic oxidation sites excluding steroid dienone is 10. The van der Waals surface area contributed by atoms with Crippen LogP contribution in [0, 0.1) is 23.2 Å². The summed E-state index contributed by atoms with van der Waals surface area (Å²) in [4.78, 5) is 2.59. The molecule has 0 saturated carbocycles. The number of nitrogens with zero attached hydrogens (tertiary/aromatic N) is 3. The number of aromatic amines is 1. The van der Waals surface area contributed by atoms with Gasteiger partial charge in [0.25, 0.3) is 0 Å². The van der Waals surface area contributed by atoms with Crippen LogP contribution in [0.1, 0.15) is 39.0 Å². The molecule has 164 valence electrons. The maximum atomic E-state index is 9.62. The Morgan fingerprint density at radius 2 is 2.16 bits per heavy atom. The smallest absolute Gasteiger partial charge is 0.121 e. The molecule has 1 saturated heterocycles. The molecule has 3 atom stereocenters. The topological polar surface area (TPSA) is 67.7 Å². The fourth-order valence-corrected chi connectivity index (χ4v) is 5.64. The molecule has 4 aliphatic rings. The molecule has 1 aromatic heterocycles. The van der Waals surface area contributed by atoms with Crippen LogP contribution in [0.25, 0.3) is 0 Å². The van der Waals surface area contributed by atoms with Crippen molar-refractivity contribution in [1.29, 1.82) is 5.26 Å². The second-order valence-corrected chi connectivity index (χ2v) is 9.35. The van der Waals surface area contributed by atoms with E-state index in [0.717, 1.165) is 56.6 Å². The third-order valence-corrected chi connectivity index (χ3v) is 7.17. The standard InChI is InChI=1S/C27H31N5/c1-19-14-21-15-20(17-28)6-5-9-26(21)32-13-11-23(30-27-10-12-29-31-27)16-22(18-32)25-8-4-2-3-7-24(19)25/h2-5,7,9-10,12,15,19,22-23H,6,8,11,13-14,16,18H2,1H3,(H2,29,30,31)/t19-,22?,23+/m1/s1. The number of nitriles is 1. The van der Waals surface area contributed by atoms with E-state index >= 15 is 0 Å². The van der Waals surface area contributed by atoms with E-state index in [9.17, 15) is 5.26 Å². The first-order valence-electron chi connectivity index (χ1n) is 11.8. The molecule has 3 heterocycles. The monoisotopic (exact) mass is 425 g/mol. The molecule has 0 radical (unpaired) electrons. The van der Waals surface area contributed by atoms with Crippen molar-refractivity contribution < 1.29 is 0 Å². The first-order chi connectivity index (χ1) is 15.7. The number of hydrogen-bond donors (Lipinski definition) is 2. The van der Waals surface area contributed by atoms with E-state index in [-0.39, 0.29) is 0 Å². The zero-order chi connectivity index (χ0) is 21.9. The molecule has 2 bridgehead atoms. The van der Waals surface area contributed by atoms with Gasteiger partial charge in [-0.1, -0.05) is 42.9 Å². The Hall–Kier alpha value is -3.26. The molecule has 0 aromatic carbocycles. The quantitative estimate of drug-likeness (QED) is 0.664. The summed E-state index contributed by atoms with van der Waals surface area (Å²) in [5.41, 5.74) is 6.54. The number of aromatic nitrogens is 2. The molecule has 2 aliphatic heterocycles. The largest absolute Gasteiger partial charge is 0.371 e. The number of hydrogen-bond acceptors (Lipinski definition) is 4. The van der Waals surface area contributed by atoms with Crippen molar-refractivity contribution in [1.82, 2.24) is 15.1 Å². The Morgan fingerprint density at radius 3 is 3.00 bits per heavy atom. The van der Waals surface area contributed by atoms with Crippen molar-refractivity contribution in [3.05, 3.63) is 82.8 Å². The predicted molar refractivity (Wildman–Crippen MR) is 128 cm³/mol. The van der Waals surface area contributed by atoms with E-state index in [0.29, 0.717) is 17.9 Å². The van der Waals surface area contributed by atoms with Crippen LogP contribution in [0.3, 0.4) is 0 Å². The SMILES string of the molecule is C[C@@H]1CC2=C(C=CCC(C#N)=C2)N2CC[C@H](Nc3ccn[nH]3)CC(C2)C2=C1C=CC=CC2. The number of anilines is 1. The van der Waals surface area contributed by atoms with Crippen LogP contribution in [-0.2, 0) is 0 Å². The first kappa shape index (κ1) is 20.6. The van der Waals surface area contributed by atoms with E-state index < -0.39 is 0 Å². The van der Waals surface area contributed by atoms with Crippen LogP contribution in [-0.4, -0.2) is 34.2 Å². The summed E-state index contributed by atoms with van der Waals surface area (Å²) < 4.78 is 0. The van der Waals surface area contributed by atoms with Crippen LogP contribution in [0.15, 0.2) is 82.8 Å². The zero-order valence-electron chi connectivity index (χ0n) is 18.7. The van der Waals surface area contributed by atoms with Gasteiger partial charge in [-0.05, 0) is 61.0 Å². The van der Waals surface area contributed by atoms with E-state index in [4.69, 9.17) is 0 Å². The summed E-state index contributed by atoms with van der Waals surface area (Å²) in [6, 6.07) is 4.80. The molecule has 5 heteroatoms. The first-order valence-corrected chi connectivity index (χ1v) is 11.8. The third kappa shape index (κ3) is 4.23. The van der Waals surface area contributed by atoms with Crippen molar-refractivity contribution in [2.24, 2.45) is 11.8 Å². The van der Waals surface area contributed by atoms with Gasteiger partial charge in [-0.25, -0.2) is 0 Å². The summed E-state index contributed by atoms with van der Waals surface area (Å²) >= 11 is 0.